The van der Waals surface area contributed by atoms with Crippen molar-refractivity contribution in [3.8, 4) is 0 Å². The molecule has 17 heavy (non-hydrogen) atoms. The van der Waals surface area contributed by atoms with Gasteiger partial charge in [0.25, 0.3) is 0 Å². The fraction of sp³-hybridized carbons (Fsp3) is 0.500. The van der Waals surface area contributed by atoms with Crippen LogP contribution in [0.3, 0.4) is 0 Å². The summed E-state index contributed by atoms with van der Waals surface area (Å²) in [4.78, 5) is 15.5. The summed E-state index contributed by atoms with van der Waals surface area (Å²) in [5.74, 6) is 0.314. The van der Waals surface area contributed by atoms with Crippen molar-refractivity contribution >= 4 is 11.8 Å². The van der Waals surface area contributed by atoms with Gasteiger partial charge in [-0.15, -0.1) is 0 Å². The van der Waals surface area contributed by atoms with Crippen LogP contribution in [-0.4, -0.2) is 35.3 Å². The molecule has 1 heterocycles. The summed E-state index contributed by atoms with van der Waals surface area (Å²) in [7, 11) is 0. The van der Waals surface area contributed by atoms with E-state index in [2.05, 4.69) is 10.3 Å². The van der Waals surface area contributed by atoms with Crippen molar-refractivity contribution in [3.05, 3.63) is 23.9 Å². The molecule has 0 radical (unpaired) electrons. The van der Waals surface area contributed by atoms with Crippen molar-refractivity contribution in [2.24, 2.45) is 0 Å². The van der Waals surface area contributed by atoms with Gasteiger partial charge in [0.1, 0.15) is 5.82 Å². The molecule has 0 aliphatic heterocycles. The van der Waals surface area contributed by atoms with Crippen molar-refractivity contribution < 1.29 is 14.6 Å². The van der Waals surface area contributed by atoms with Gasteiger partial charge in [0.15, 0.2) is 0 Å². The number of aliphatic hydroxyl groups excluding tert-OH is 1. The van der Waals surface area contributed by atoms with Gasteiger partial charge in [-0.05, 0) is 32.4 Å². The third-order valence-electron chi connectivity index (χ3n) is 2.23. The Hall–Kier alpha value is -1.62. The van der Waals surface area contributed by atoms with Gasteiger partial charge in [0.05, 0.1) is 12.2 Å². The highest BCUT2D eigenvalue weighted by molar-refractivity contribution is 5.89. The van der Waals surface area contributed by atoms with Crippen molar-refractivity contribution in [2.45, 2.75) is 26.3 Å². The number of aromatic nitrogens is 1. The summed E-state index contributed by atoms with van der Waals surface area (Å²) < 4.78 is 4.86. The SMILES string of the molecule is CCOC(=O)c1ccc(N[C@@H](C)CCO)nc1. The number of aliphatic hydroxyl groups is 1. The molecule has 0 aromatic carbocycles. The number of carbonyl (C=O) groups excluding carboxylic acids is 1. The predicted molar refractivity (Wildman–Crippen MR) is 65.0 cm³/mol. The van der Waals surface area contributed by atoms with Gasteiger partial charge in [-0.25, -0.2) is 9.78 Å². The molecule has 1 atom stereocenters. The van der Waals surface area contributed by atoms with E-state index in [0.717, 1.165) is 0 Å². The van der Waals surface area contributed by atoms with Crippen LogP contribution in [0.15, 0.2) is 18.3 Å². The van der Waals surface area contributed by atoms with Crippen LogP contribution in [0, 0.1) is 0 Å². The molecule has 0 aliphatic carbocycles. The minimum atomic E-state index is -0.366. The van der Waals surface area contributed by atoms with E-state index in [-0.39, 0.29) is 18.6 Å². The summed E-state index contributed by atoms with van der Waals surface area (Å²) in [6.07, 6.45) is 2.13. The van der Waals surface area contributed by atoms with Gasteiger partial charge in [-0.1, -0.05) is 0 Å². The normalized spacial score (nSPS) is 11.9. The Balaban J connectivity index is 2.58. The van der Waals surface area contributed by atoms with Crippen LogP contribution in [-0.2, 0) is 4.74 Å². The van der Waals surface area contributed by atoms with Crippen LogP contribution in [0.1, 0.15) is 30.6 Å². The summed E-state index contributed by atoms with van der Waals surface area (Å²) in [6.45, 7) is 4.20. The standard InChI is InChI=1S/C12H18N2O3/c1-3-17-12(16)10-4-5-11(13-8-10)14-9(2)6-7-15/h4-5,8-9,15H,3,6-7H2,1-2H3,(H,13,14)/t9-/m0/s1. The molecular formula is C12H18N2O3. The van der Waals surface area contributed by atoms with Crippen LogP contribution in [0.2, 0.25) is 0 Å². The molecule has 5 nitrogen and oxygen atoms in total. The van der Waals surface area contributed by atoms with Gasteiger partial charge in [0.2, 0.25) is 0 Å². The second kappa shape index (κ2) is 6.85. The Morgan fingerprint density at radius 1 is 1.59 bits per heavy atom. The Bertz CT molecular complexity index is 351. The fourth-order valence-corrected chi connectivity index (χ4v) is 1.33. The van der Waals surface area contributed by atoms with Crippen molar-refractivity contribution in [2.75, 3.05) is 18.5 Å². The molecule has 1 rings (SSSR count). The van der Waals surface area contributed by atoms with Gasteiger partial charge >= 0.3 is 5.97 Å². The van der Waals surface area contributed by atoms with Crippen molar-refractivity contribution in [1.29, 1.82) is 0 Å². The van der Waals surface area contributed by atoms with Crippen LogP contribution < -0.4 is 5.32 Å². The average molecular weight is 238 g/mol. The molecule has 2 N–H and O–H groups in total. The Morgan fingerprint density at radius 2 is 2.35 bits per heavy atom. The maximum absolute atomic E-state index is 11.4. The Labute approximate surface area is 101 Å². The molecule has 0 aliphatic rings. The number of rotatable bonds is 6. The zero-order chi connectivity index (χ0) is 12.7. The molecular weight excluding hydrogens is 220 g/mol. The first-order valence-electron chi connectivity index (χ1n) is 5.68. The molecule has 1 aromatic heterocycles. The molecule has 0 unspecified atom stereocenters. The summed E-state index contributed by atoms with van der Waals surface area (Å²) >= 11 is 0. The summed E-state index contributed by atoms with van der Waals surface area (Å²) in [6, 6.07) is 3.53. The molecule has 5 heteroatoms. The summed E-state index contributed by atoms with van der Waals surface area (Å²) in [5, 5.41) is 11.9. The minimum Gasteiger partial charge on any atom is -0.462 e. The third-order valence-corrected chi connectivity index (χ3v) is 2.23. The Morgan fingerprint density at radius 3 is 2.88 bits per heavy atom. The molecule has 0 spiro atoms. The monoisotopic (exact) mass is 238 g/mol. The van der Waals surface area contributed by atoms with Crippen LogP contribution in [0.4, 0.5) is 5.82 Å². The first kappa shape index (κ1) is 13.4. The van der Waals surface area contributed by atoms with Crippen LogP contribution in [0.25, 0.3) is 0 Å². The van der Waals surface area contributed by atoms with Gasteiger partial charge in [0, 0.05) is 18.8 Å². The number of nitrogens with one attached hydrogen (secondary N) is 1. The minimum absolute atomic E-state index is 0.134. The lowest BCUT2D eigenvalue weighted by Gasteiger charge is -2.12. The largest absolute Gasteiger partial charge is 0.462 e. The van der Waals surface area contributed by atoms with Gasteiger partial charge in [-0.3, -0.25) is 0 Å². The van der Waals surface area contributed by atoms with E-state index in [0.29, 0.717) is 24.4 Å². The van der Waals surface area contributed by atoms with Gasteiger partial charge in [-0.2, -0.15) is 0 Å². The second-order valence-corrected chi connectivity index (χ2v) is 3.71. The number of hydrogen-bond acceptors (Lipinski definition) is 5. The molecule has 0 bridgehead atoms. The molecule has 94 valence electrons. The van der Waals surface area contributed by atoms with E-state index in [9.17, 15) is 4.79 Å². The lowest BCUT2D eigenvalue weighted by atomic mass is 10.2. The highest BCUT2D eigenvalue weighted by Gasteiger charge is 2.07. The topological polar surface area (TPSA) is 71.5 Å². The predicted octanol–water partition coefficient (Wildman–Crippen LogP) is 1.44. The first-order chi connectivity index (χ1) is 8.17. The highest BCUT2D eigenvalue weighted by Crippen LogP contribution is 2.08. The zero-order valence-corrected chi connectivity index (χ0v) is 10.1. The smallest absolute Gasteiger partial charge is 0.339 e. The lowest BCUT2D eigenvalue weighted by molar-refractivity contribution is 0.0526. The average Bonchev–Trinajstić information content (AvgIpc) is 2.30. The van der Waals surface area contributed by atoms with E-state index in [4.69, 9.17) is 9.84 Å². The third kappa shape index (κ3) is 4.40. The molecule has 1 aromatic rings. The number of nitrogens with zero attached hydrogens (tertiary/aromatic N) is 1. The summed E-state index contributed by atoms with van der Waals surface area (Å²) in [5.41, 5.74) is 0.437. The van der Waals surface area contributed by atoms with Crippen molar-refractivity contribution in [1.82, 2.24) is 4.98 Å². The zero-order valence-electron chi connectivity index (χ0n) is 10.1. The first-order valence-corrected chi connectivity index (χ1v) is 5.68. The van der Waals surface area contributed by atoms with Crippen LogP contribution >= 0.6 is 0 Å². The highest BCUT2D eigenvalue weighted by atomic mass is 16.5. The van der Waals surface area contributed by atoms with E-state index in [1.165, 1.54) is 6.20 Å². The fourth-order valence-electron chi connectivity index (χ4n) is 1.33. The number of esters is 1. The maximum Gasteiger partial charge on any atom is 0.339 e. The molecule has 0 amide bonds. The number of anilines is 1. The van der Waals surface area contributed by atoms with Crippen LogP contribution in [0.5, 0.6) is 0 Å². The van der Waals surface area contributed by atoms with Gasteiger partial charge < -0.3 is 15.2 Å². The number of carbonyl (C=O) groups is 1. The second-order valence-electron chi connectivity index (χ2n) is 3.71. The maximum atomic E-state index is 11.4. The number of hydrogen-bond donors (Lipinski definition) is 2. The number of pyridine rings is 1. The van der Waals surface area contributed by atoms with Crippen molar-refractivity contribution in [3.63, 3.8) is 0 Å². The van der Waals surface area contributed by atoms with E-state index >= 15 is 0 Å². The van der Waals surface area contributed by atoms with E-state index in [1.807, 2.05) is 6.92 Å². The quantitative estimate of drug-likeness (QED) is 0.734. The molecule has 0 saturated carbocycles. The molecule has 0 fully saturated rings. The van der Waals surface area contributed by atoms with E-state index < -0.39 is 0 Å². The Kier molecular flexibility index (Phi) is 5.42. The molecule has 0 saturated heterocycles. The van der Waals surface area contributed by atoms with E-state index in [1.54, 1.807) is 19.1 Å². The lowest BCUT2D eigenvalue weighted by Crippen LogP contribution is -2.17. The number of ether oxygens (including phenoxy) is 1.